The Hall–Kier alpha value is -1.22. The van der Waals surface area contributed by atoms with Gasteiger partial charge in [0.15, 0.2) is 0 Å². The summed E-state index contributed by atoms with van der Waals surface area (Å²) in [5, 5.41) is 23.1. The van der Waals surface area contributed by atoms with E-state index in [9.17, 15) is 28.0 Å². The van der Waals surface area contributed by atoms with E-state index in [1.54, 1.807) is 6.08 Å². The Morgan fingerprint density at radius 1 is 0.675 bits per heavy atom. The molecule has 0 aliphatic rings. The maximum atomic E-state index is 12.4. The molecule has 0 rings (SSSR count). The molecule has 8 heteroatoms. The first-order valence-electron chi connectivity index (χ1n) is 16.1. The van der Waals surface area contributed by atoms with Crippen LogP contribution in [0.15, 0.2) is 24.3 Å². The zero-order valence-electron chi connectivity index (χ0n) is 25.6. The van der Waals surface area contributed by atoms with Gasteiger partial charge in [0.1, 0.15) is 6.10 Å². The summed E-state index contributed by atoms with van der Waals surface area (Å²) < 4.78 is 32.2. The Balaban J connectivity index is 4.18. The number of aliphatic hydroxyl groups is 2. The molecule has 0 spiro atoms. The Morgan fingerprint density at radius 2 is 1.12 bits per heavy atom. The maximum absolute atomic E-state index is 12.4. The lowest BCUT2D eigenvalue weighted by atomic mass is 10.0. The molecule has 0 fully saturated rings. The van der Waals surface area contributed by atoms with Gasteiger partial charge in [0.05, 0.1) is 17.9 Å². The van der Waals surface area contributed by atoms with E-state index in [1.165, 1.54) is 89.5 Å². The van der Waals surface area contributed by atoms with Crippen LogP contribution in [-0.4, -0.2) is 53.1 Å². The second kappa shape index (κ2) is 26.7. The lowest BCUT2D eigenvalue weighted by Gasteiger charge is -2.22. The number of nitrogens with one attached hydrogen (secondary N) is 1. The molecule has 3 atom stereocenters. The fourth-order valence-electron chi connectivity index (χ4n) is 4.70. The lowest BCUT2D eigenvalue weighted by Crippen LogP contribution is -2.50. The lowest BCUT2D eigenvalue weighted by molar-refractivity contribution is -0.130. The summed E-state index contributed by atoms with van der Waals surface area (Å²) in [6.45, 7) is 4.41. The first kappa shape index (κ1) is 38.8. The molecular weight excluding hydrogens is 526 g/mol. The van der Waals surface area contributed by atoms with Gasteiger partial charge in [0.2, 0.25) is 5.91 Å². The van der Waals surface area contributed by atoms with Crippen molar-refractivity contribution in [1.29, 1.82) is 0 Å². The van der Waals surface area contributed by atoms with Crippen LogP contribution < -0.4 is 5.32 Å². The maximum Gasteiger partial charge on any atom is 0.267 e. The topological polar surface area (TPSA) is 124 Å². The minimum atomic E-state index is -4.43. The van der Waals surface area contributed by atoms with Gasteiger partial charge in [0, 0.05) is 0 Å². The molecule has 0 aliphatic heterocycles. The SMILES string of the molecule is CCCCC/C=C/CC/C=C/C(O)C(CS(=O)(=O)O)NC(=O)C(O)CCCCCCCCCCCCCCCC. The summed E-state index contributed by atoms with van der Waals surface area (Å²) in [6, 6.07) is -1.24. The van der Waals surface area contributed by atoms with Crippen LogP contribution in [0.2, 0.25) is 0 Å². The van der Waals surface area contributed by atoms with Gasteiger partial charge in [0.25, 0.3) is 10.1 Å². The van der Waals surface area contributed by atoms with Crippen molar-refractivity contribution in [2.24, 2.45) is 0 Å². The molecule has 236 valence electrons. The van der Waals surface area contributed by atoms with Crippen LogP contribution >= 0.6 is 0 Å². The van der Waals surface area contributed by atoms with E-state index in [4.69, 9.17) is 0 Å². The average molecular weight is 588 g/mol. The molecular formula is C32H61NO6S. The van der Waals surface area contributed by atoms with Crippen molar-refractivity contribution in [3.63, 3.8) is 0 Å². The van der Waals surface area contributed by atoms with E-state index in [0.29, 0.717) is 12.8 Å². The Labute approximate surface area is 246 Å². The standard InChI is InChI=1S/C32H61NO6S/c1-3-5-7-9-11-13-14-15-16-17-19-21-23-25-27-31(35)32(36)33-29(28-40(37,38)39)30(34)26-24-22-20-18-12-10-8-6-4-2/h12,18,24,26,29-31,34-35H,3-11,13-17,19-23,25,27-28H2,1-2H3,(H,33,36)(H,37,38,39)/b18-12+,26-24+. The summed E-state index contributed by atoms with van der Waals surface area (Å²) in [4.78, 5) is 12.4. The predicted octanol–water partition coefficient (Wildman–Crippen LogP) is 7.43. The van der Waals surface area contributed by atoms with Gasteiger partial charge >= 0.3 is 0 Å². The molecule has 0 aromatic rings. The number of carbonyl (C=O) groups excluding carboxylic acids is 1. The Morgan fingerprint density at radius 3 is 1.65 bits per heavy atom. The molecule has 4 N–H and O–H groups in total. The van der Waals surface area contributed by atoms with E-state index < -0.39 is 40.0 Å². The highest BCUT2D eigenvalue weighted by Crippen LogP contribution is 2.14. The van der Waals surface area contributed by atoms with E-state index in [1.807, 2.05) is 0 Å². The molecule has 0 aromatic carbocycles. The predicted molar refractivity (Wildman–Crippen MR) is 167 cm³/mol. The van der Waals surface area contributed by atoms with E-state index in [2.05, 4.69) is 31.3 Å². The molecule has 0 saturated carbocycles. The van der Waals surface area contributed by atoms with E-state index >= 15 is 0 Å². The summed E-state index contributed by atoms with van der Waals surface area (Å²) >= 11 is 0. The number of aliphatic hydroxyl groups excluding tert-OH is 2. The number of amides is 1. The highest BCUT2D eigenvalue weighted by Gasteiger charge is 2.27. The van der Waals surface area contributed by atoms with Gasteiger partial charge in [-0.3, -0.25) is 9.35 Å². The monoisotopic (exact) mass is 587 g/mol. The van der Waals surface area contributed by atoms with Crippen LogP contribution in [0.25, 0.3) is 0 Å². The van der Waals surface area contributed by atoms with Crippen LogP contribution in [0, 0.1) is 0 Å². The zero-order valence-corrected chi connectivity index (χ0v) is 26.4. The number of carbonyl (C=O) groups is 1. The molecule has 0 bridgehead atoms. The van der Waals surface area contributed by atoms with Crippen molar-refractivity contribution >= 4 is 16.0 Å². The first-order chi connectivity index (χ1) is 19.2. The van der Waals surface area contributed by atoms with Crippen molar-refractivity contribution in [2.75, 3.05) is 5.75 Å². The summed E-state index contributed by atoms with van der Waals surface area (Å²) in [5.41, 5.74) is 0. The Bertz CT molecular complexity index is 753. The highest BCUT2D eigenvalue weighted by atomic mass is 32.2. The summed E-state index contributed by atoms with van der Waals surface area (Å²) in [6.07, 6.45) is 28.2. The van der Waals surface area contributed by atoms with Crippen LogP contribution in [0.5, 0.6) is 0 Å². The van der Waals surface area contributed by atoms with Crippen LogP contribution in [0.1, 0.15) is 149 Å². The second-order valence-electron chi connectivity index (χ2n) is 11.2. The number of rotatable bonds is 28. The molecule has 7 nitrogen and oxygen atoms in total. The van der Waals surface area contributed by atoms with Crippen molar-refractivity contribution in [3.05, 3.63) is 24.3 Å². The third-order valence-electron chi connectivity index (χ3n) is 7.24. The number of unbranched alkanes of at least 4 members (excludes halogenated alkanes) is 17. The molecule has 3 unspecified atom stereocenters. The summed E-state index contributed by atoms with van der Waals surface area (Å²) in [7, 11) is -4.43. The fraction of sp³-hybridized carbons (Fsp3) is 0.844. The van der Waals surface area contributed by atoms with Gasteiger partial charge in [-0.15, -0.1) is 0 Å². The average Bonchev–Trinajstić information content (AvgIpc) is 2.90. The van der Waals surface area contributed by atoms with Crippen molar-refractivity contribution in [1.82, 2.24) is 5.32 Å². The normalized spacial score (nSPS) is 14.6. The molecule has 0 radical (unpaired) electrons. The minimum absolute atomic E-state index is 0.277. The second-order valence-corrected chi connectivity index (χ2v) is 12.7. The molecule has 0 aliphatic carbocycles. The largest absolute Gasteiger partial charge is 0.387 e. The van der Waals surface area contributed by atoms with E-state index in [-0.39, 0.29) is 6.42 Å². The van der Waals surface area contributed by atoms with Crippen LogP contribution in [0.4, 0.5) is 0 Å². The molecule has 0 aromatic heterocycles. The Kier molecular flexibility index (Phi) is 25.9. The van der Waals surface area contributed by atoms with Crippen molar-refractivity contribution < 1.29 is 28.0 Å². The van der Waals surface area contributed by atoms with Gasteiger partial charge in [-0.05, 0) is 32.1 Å². The van der Waals surface area contributed by atoms with E-state index in [0.717, 1.165) is 32.1 Å². The van der Waals surface area contributed by atoms with Gasteiger partial charge in [-0.2, -0.15) is 8.42 Å². The van der Waals surface area contributed by atoms with Gasteiger partial charge in [-0.1, -0.05) is 141 Å². The molecule has 1 amide bonds. The molecule has 0 saturated heterocycles. The zero-order chi connectivity index (χ0) is 29.9. The quantitative estimate of drug-likeness (QED) is 0.0429. The molecule has 40 heavy (non-hydrogen) atoms. The van der Waals surface area contributed by atoms with Crippen LogP contribution in [-0.2, 0) is 14.9 Å². The van der Waals surface area contributed by atoms with Gasteiger partial charge in [-0.25, -0.2) is 0 Å². The smallest absolute Gasteiger partial charge is 0.267 e. The molecule has 0 heterocycles. The summed E-state index contributed by atoms with van der Waals surface area (Å²) in [5.74, 6) is -1.56. The van der Waals surface area contributed by atoms with Crippen molar-refractivity contribution in [2.45, 2.75) is 167 Å². The first-order valence-corrected chi connectivity index (χ1v) is 17.8. The number of allylic oxidation sites excluding steroid dienone is 3. The fourth-order valence-corrected chi connectivity index (χ4v) is 5.44. The highest BCUT2D eigenvalue weighted by molar-refractivity contribution is 7.85. The number of hydrogen-bond donors (Lipinski definition) is 4. The van der Waals surface area contributed by atoms with Crippen molar-refractivity contribution in [3.8, 4) is 0 Å². The minimum Gasteiger partial charge on any atom is -0.387 e. The van der Waals surface area contributed by atoms with Gasteiger partial charge < -0.3 is 15.5 Å². The third kappa shape index (κ3) is 25.7. The van der Waals surface area contributed by atoms with Crippen LogP contribution in [0.3, 0.4) is 0 Å². The number of hydrogen-bond acceptors (Lipinski definition) is 5. The third-order valence-corrected chi connectivity index (χ3v) is 8.02.